The Morgan fingerprint density at radius 2 is 1.24 bits per heavy atom. The summed E-state index contributed by atoms with van der Waals surface area (Å²) in [5, 5.41) is 3.46. The summed E-state index contributed by atoms with van der Waals surface area (Å²) >= 11 is 5.93. The molecule has 2 aromatic rings. The number of halogens is 1. The average Bonchev–Trinajstić information content (AvgIpc) is 3.09. The molecule has 0 aliphatic rings. The van der Waals surface area contributed by atoms with Crippen molar-refractivity contribution in [2.45, 2.75) is 97.5 Å². The van der Waals surface area contributed by atoms with Gasteiger partial charge in [-0.3, -0.25) is 14.4 Å². The van der Waals surface area contributed by atoms with Gasteiger partial charge >= 0.3 is 0 Å². The molecule has 0 bridgehead atoms. The molecule has 6 nitrogen and oxygen atoms in total. The molecule has 0 aromatic heterocycles. The summed E-state index contributed by atoms with van der Waals surface area (Å²) in [5.74, 6) is 0.0272. The molecular formula is C42H55ClN2O4. The van der Waals surface area contributed by atoms with Crippen LogP contribution in [0.1, 0.15) is 108 Å². The van der Waals surface area contributed by atoms with Gasteiger partial charge in [-0.15, -0.1) is 0 Å². The van der Waals surface area contributed by atoms with E-state index in [4.69, 9.17) is 16.3 Å². The molecule has 0 unspecified atom stereocenters. The fourth-order valence-electron chi connectivity index (χ4n) is 4.70. The summed E-state index contributed by atoms with van der Waals surface area (Å²) in [6, 6.07) is 13.4. The molecule has 2 amide bonds. The van der Waals surface area contributed by atoms with Crippen molar-refractivity contribution in [3.05, 3.63) is 125 Å². The Kier molecular flexibility index (Phi) is 20.1. The Balaban J connectivity index is 1.73. The van der Waals surface area contributed by atoms with Gasteiger partial charge in [0.15, 0.2) is 11.4 Å². The van der Waals surface area contributed by atoms with E-state index in [9.17, 15) is 14.4 Å². The fraction of sp³-hybridized carbons (Fsp3) is 0.405. The van der Waals surface area contributed by atoms with Crippen LogP contribution in [-0.2, 0) is 9.59 Å². The maximum Gasteiger partial charge on any atom is 0.264 e. The zero-order chi connectivity index (χ0) is 35.7. The average molecular weight is 687 g/mol. The number of hydrogen-bond acceptors (Lipinski definition) is 4. The first-order valence-corrected chi connectivity index (χ1v) is 18.0. The van der Waals surface area contributed by atoms with Crippen LogP contribution in [0.15, 0.2) is 109 Å². The van der Waals surface area contributed by atoms with E-state index in [0.717, 1.165) is 57.8 Å². The van der Waals surface area contributed by atoms with Crippen LogP contribution >= 0.6 is 11.6 Å². The van der Waals surface area contributed by atoms with Crippen molar-refractivity contribution >= 4 is 29.2 Å². The van der Waals surface area contributed by atoms with Crippen LogP contribution in [0, 0.1) is 0 Å². The first-order chi connectivity index (χ1) is 23.7. The monoisotopic (exact) mass is 686 g/mol. The quantitative estimate of drug-likeness (QED) is 0.0546. The van der Waals surface area contributed by atoms with Crippen molar-refractivity contribution in [1.29, 1.82) is 0 Å². The number of nitrogens with one attached hydrogen (secondary N) is 1. The van der Waals surface area contributed by atoms with E-state index in [1.165, 1.54) is 0 Å². The summed E-state index contributed by atoms with van der Waals surface area (Å²) in [4.78, 5) is 40.6. The zero-order valence-electron chi connectivity index (χ0n) is 29.8. The Morgan fingerprint density at radius 1 is 0.735 bits per heavy atom. The lowest BCUT2D eigenvalue weighted by molar-refractivity contribution is -0.137. The minimum absolute atomic E-state index is 0.0285. The Morgan fingerprint density at radius 3 is 1.78 bits per heavy atom. The summed E-state index contributed by atoms with van der Waals surface area (Å²) in [5.41, 5.74) is -0.156. The van der Waals surface area contributed by atoms with Gasteiger partial charge in [-0.25, -0.2) is 0 Å². The number of rotatable bonds is 23. The van der Waals surface area contributed by atoms with E-state index < -0.39 is 5.60 Å². The molecule has 0 atom stereocenters. The molecule has 0 fully saturated rings. The number of ketones is 1. The Hall–Kier alpha value is -4.16. The van der Waals surface area contributed by atoms with E-state index in [1.807, 2.05) is 0 Å². The van der Waals surface area contributed by atoms with E-state index in [-0.39, 0.29) is 24.3 Å². The van der Waals surface area contributed by atoms with E-state index in [2.05, 4.69) is 79.9 Å². The molecular weight excluding hydrogens is 632 g/mol. The van der Waals surface area contributed by atoms with Gasteiger partial charge in [0.25, 0.3) is 5.91 Å². The van der Waals surface area contributed by atoms with E-state index >= 15 is 0 Å². The van der Waals surface area contributed by atoms with Crippen LogP contribution < -0.4 is 10.1 Å². The van der Waals surface area contributed by atoms with E-state index in [1.54, 1.807) is 67.3 Å². The molecule has 1 N–H and O–H groups in total. The fourth-order valence-corrected chi connectivity index (χ4v) is 4.83. The molecule has 7 heteroatoms. The van der Waals surface area contributed by atoms with Gasteiger partial charge in [-0.1, -0.05) is 92.6 Å². The van der Waals surface area contributed by atoms with Crippen LogP contribution in [0.5, 0.6) is 5.75 Å². The third kappa shape index (κ3) is 17.2. The molecule has 0 aliphatic carbocycles. The number of allylic oxidation sites excluding steroid dienone is 10. The Labute approximate surface area is 299 Å². The number of nitrogens with zero attached hydrogens (tertiary/aromatic N) is 1. The highest BCUT2D eigenvalue weighted by Crippen LogP contribution is 2.21. The van der Waals surface area contributed by atoms with Crippen molar-refractivity contribution in [2.75, 3.05) is 13.2 Å². The zero-order valence-corrected chi connectivity index (χ0v) is 30.6. The highest BCUT2D eigenvalue weighted by molar-refractivity contribution is 6.30. The van der Waals surface area contributed by atoms with Gasteiger partial charge in [0, 0.05) is 29.1 Å². The van der Waals surface area contributed by atoms with Gasteiger partial charge in [-0.2, -0.15) is 0 Å². The normalized spacial score (nSPS) is 12.2. The lowest BCUT2D eigenvalue weighted by atomic mass is 10.0. The van der Waals surface area contributed by atoms with Gasteiger partial charge < -0.3 is 15.0 Å². The summed E-state index contributed by atoms with van der Waals surface area (Å²) in [7, 11) is 0. The molecule has 0 heterocycles. The van der Waals surface area contributed by atoms with E-state index in [0.29, 0.717) is 34.9 Å². The Bertz CT molecular complexity index is 1420. The second-order valence-electron chi connectivity index (χ2n) is 12.2. The lowest BCUT2D eigenvalue weighted by Crippen LogP contribution is -2.51. The number of benzene rings is 2. The van der Waals surface area contributed by atoms with Crippen molar-refractivity contribution in [3.8, 4) is 5.75 Å². The van der Waals surface area contributed by atoms with Crippen LogP contribution in [0.25, 0.3) is 0 Å². The SMILES string of the molecule is CC/C=C\C/C=C\C/C=C\C/C=C\C/C=C\CCCC(=O)N(CCCC)CNC(=O)C(C)(C)Oc1ccc(C(=O)c2ccc(Cl)cc2)cc1. The predicted octanol–water partition coefficient (Wildman–Crippen LogP) is 10.4. The summed E-state index contributed by atoms with van der Waals surface area (Å²) in [6.45, 7) is 8.29. The minimum atomic E-state index is -1.19. The van der Waals surface area contributed by atoms with Crippen LogP contribution in [0.4, 0.5) is 0 Å². The standard InChI is InChI=1S/C42H55ClN2O4/c1-5-7-9-10-11-12-13-14-15-16-17-18-19-20-21-22-23-24-39(46)45(33-8-6-2)34-44-41(48)42(3,4)49-38-31-27-36(28-32-38)40(47)35-25-29-37(43)30-26-35/h7,9,11-12,14-15,17-18,20-21,25-32H,5-6,8,10,13,16,19,22-24,33-34H2,1-4H3,(H,44,48)/b9-7-,12-11-,15-14-,18-17-,21-20-. The number of hydrogen-bond donors (Lipinski definition) is 1. The van der Waals surface area contributed by atoms with Gasteiger partial charge in [0.1, 0.15) is 5.75 Å². The molecule has 2 aromatic carbocycles. The van der Waals surface area contributed by atoms with Crippen LogP contribution in [-0.4, -0.2) is 41.3 Å². The van der Waals surface area contributed by atoms with Gasteiger partial charge in [0.2, 0.25) is 5.91 Å². The number of amides is 2. The second-order valence-corrected chi connectivity index (χ2v) is 12.7. The first-order valence-electron chi connectivity index (χ1n) is 17.6. The molecule has 49 heavy (non-hydrogen) atoms. The first kappa shape index (κ1) is 41.0. The highest BCUT2D eigenvalue weighted by atomic mass is 35.5. The van der Waals surface area contributed by atoms with Gasteiger partial charge in [-0.05, 0) is 114 Å². The topological polar surface area (TPSA) is 75.7 Å². The number of carbonyl (C=O) groups is 3. The molecule has 0 spiro atoms. The molecule has 0 aliphatic heterocycles. The third-order valence-electron chi connectivity index (χ3n) is 7.63. The maximum atomic E-state index is 13.1. The van der Waals surface area contributed by atoms with Gasteiger partial charge in [0.05, 0.1) is 6.67 Å². The summed E-state index contributed by atoms with van der Waals surface area (Å²) in [6.07, 6.45) is 30.4. The molecule has 0 radical (unpaired) electrons. The number of ether oxygens (including phenoxy) is 1. The predicted molar refractivity (Wildman–Crippen MR) is 204 cm³/mol. The molecule has 0 saturated heterocycles. The maximum absolute atomic E-state index is 13.1. The third-order valence-corrected chi connectivity index (χ3v) is 7.88. The minimum Gasteiger partial charge on any atom is -0.478 e. The number of unbranched alkanes of at least 4 members (excludes halogenated alkanes) is 2. The summed E-state index contributed by atoms with van der Waals surface area (Å²) < 4.78 is 6.00. The van der Waals surface area contributed by atoms with Crippen molar-refractivity contribution in [2.24, 2.45) is 0 Å². The molecule has 0 saturated carbocycles. The second kappa shape index (κ2) is 24.0. The lowest BCUT2D eigenvalue weighted by Gasteiger charge is -2.28. The van der Waals surface area contributed by atoms with Crippen molar-refractivity contribution in [3.63, 3.8) is 0 Å². The smallest absolute Gasteiger partial charge is 0.264 e. The van der Waals surface area contributed by atoms with Crippen LogP contribution in [0.3, 0.4) is 0 Å². The number of carbonyl (C=O) groups excluding carboxylic acids is 3. The van der Waals surface area contributed by atoms with Crippen LogP contribution in [0.2, 0.25) is 5.02 Å². The molecule has 264 valence electrons. The van der Waals surface area contributed by atoms with Crippen molar-refractivity contribution < 1.29 is 19.1 Å². The van der Waals surface area contributed by atoms with Crippen molar-refractivity contribution in [1.82, 2.24) is 10.2 Å². The highest BCUT2D eigenvalue weighted by Gasteiger charge is 2.30. The molecule has 2 rings (SSSR count). The largest absolute Gasteiger partial charge is 0.478 e.